The third-order valence-corrected chi connectivity index (χ3v) is 8.71. The molecule has 124 valence electrons. The summed E-state index contributed by atoms with van der Waals surface area (Å²) >= 11 is 0. The van der Waals surface area contributed by atoms with Crippen molar-refractivity contribution in [3.8, 4) is 0 Å². The van der Waals surface area contributed by atoms with Crippen LogP contribution >= 0.6 is 0 Å². The first-order valence-electron chi connectivity index (χ1n) is 7.88. The topological polar surface area (TPSA) is 80.3 Å². The van der Waals surface area contributed by atoms with Crippen LogP contribution in [0.5, 0.6) is 0 Å². The third-order valence-electron chi connectivity index (χ3n) is 5.01. The van der Waals surface area contributed by atoms with Crippen molar-refractivity contribution in [3.05, 3.63) is 0 Å². The Labute approximate surface area is 128 Å². The van der Waals surface area contributed by atoms with E-state index in [-0.39, 0.29) is 16.5 Å². The van der Waals surface area contributed by atoms with Crippen LogP contribution in [0.2, 0.25) is 0 Å². The number of hydrogen-bond acceptors (Lipinski definition) is 4. The third kappa shape index (κ3) is 4.66. The van der Waals surface area contributed by atoms with Gasteiger partial charge in [0.2, 0.25) is 10.0 Å². The largest absolute Gasteiger partial charge is 0.229 e. The molecule has 0 bridgehead atoms. The first-order chi connectivity index (χ1) is 9.68. The maximum Gasteiger partial charge on any atom is 0.214 e. The van der Waals surface area contributed by atoms with Crippen LogP contribution in [0, 0.1) is 5.92 Å². The van der Waals surface area contributed by atoms with Crippen LogP contribution in [0.15, 0.2) is 0 Å². The van der Waals surface area contributed by atoms with Gasteiger partial charge in [-0.3, -0.25) is 0 Å². The quantitative estimate of drug-likeness (QED) is 0.849. The molecule has 5 nitrogen and oxygen atoms in total. The van der Waals surface area contributed by atoms with E-state index < -0.39 is 19.9 Å². The number of sulfonamides is 1. The van der Waals surface area contributed by atoms with Crippen LogP contribution in [-0.4, -0.2) is 39.6 Å². The van der Waals surface area contributed by atoms with Crippen molar-refractivity contribution in [2.24, 2.45) is 5.92 Å². The number of rotatable bonds is 4. The lowest BCUT2D eigenvalue weighted by Crippen LogP contribution is -2.44. The molecule has 0 aromatic carbocycles. The predicted octanol–water partition coefficient (Wildman–Crippen LogP) is 1.84. The normalized spacial score (nSPS) is 35.5. The molecule has 21 heavy (non-hydrogen) atoms. The van der Waals surface area contributed by atoms with Gasteiger partial charge in [-0.1, -0.05) is 6.92 Å². The fourth-order valence-corrected chi connectivity index (χ4v) is 6.39. The Kier molecular flexibility index (Phi) is 5.36. The first-order valence-corrected chi connectivity index (χ1v) is 11.4. The Balaban J connectivity index is 1.88. The summed E-state index contributed by atoms with van der Waals surface area (Å²) in [5.41, 5.74) is 0. The molecule has 0 radical (unpaired) electrons. The van der Waals surface area contributed by atoms with Gasteiger partial charge >= 0.3 is 0 Å². The van der Waals surface area contributed by atoms with Gasteiger partial charge in [0.25, 0.3) is 0 Å². The van der Waals surface area contributed by atoms with Crippen molar-refractivity contribution in [1.82, 2.24) is 4.72 Å². The smallest absolute Gasteiger partial charge is 0.214 e. The summed E-state index contributed by atoms with van der Waals surface area (Å²) in [4.78, 5) is 0. The van der Waals surface area contributed by atoms with E-state index in [9.17, 15) is 16.8 Å². The highest BCUT2D eigenvalue weighted by molar-refractivity contribution is 7.91. The minimum Gasteiger partial charge on any atom is -0.229 e. The van der Waals surface area contributed by atoms with Crippen molar-refractivity contribution in [2.45, 2.75) is 74.8 Å². The molecule has 0 aliphatic heterocycles. The molecular weight excluding hydrogens is 310 g/mol. The summed E-state index contributed by atoms with van der Waals surface area (Å²) in [5, 5.41) is -0.560. The Morgan fingerprint density at radius 3 is 1.71 bits per heavy atom. The molecule has 0 saturated heterocycles. The van der Waals surface area contributed by atoms with Crippen molar-refractivity contribution < 1.29 is 16.8 Å². The van der Waals surface area contributed by atoms with Gasteiger partial charge in [0, 0.05) is 12.3 Å². The van der Waals surface area contributed by atoms with Crippen LogP contribution in [0.4, 0.5) is 0 Å². The first kappa shape index (κ1) is 17.2. The van der Waals surface area contributed by atoms with Gasteiger partial charge in [0.05, 0.1) is 10.5 Å². The molecule has 0 unspecified atom stereocenters. The highest BCUT2D eigenvalue weighted by Gasteiger charge is 2.34. The van der Waals surface area contributed by atoms with Crippen LogP contribution < -0.4 is 4.72 Å². The van der Waals surface area contributed by atoms with Gasteiger partial charge in [-0.2, -0.15) is 0 Å². The van der Waals surface area contributed by atoms with E-state index in [4.69, 9.17) is 0 Å². The molecule has 2 saturated carbocycles. The average Bonchev–Trinajstić information content (AvgIpc) is 2.38. The molecule has 1 N–H and O–H groups in total. The molecule has 2 aliphatic carbocycles. The summed E-state index contributed by atoms with van der Waals surface area (Å²) in [6.07, 6.45) is 7.09. The molecule has 0 spiro atoms. The van der Waals surface area contributed by atoms with Gasteiger partial charge < -0.3 is 0 Å². The molecule has 2 aliphatic rings. The average molecular weight is 338 g/mol. The second-order valence-electron chi connectivity index (χ2n) is 6.85. The minimum atomic E-state index is -3.26. The second-order valence-corrected chi connectivity index (χ2v) is 11.2. The van der Waals surface area contributed by atoms with Gasteiger partial charge in [0.1, 0.15) is 9.84 Å². The maximum absolute atomic E-state index is 12.4. The molecule has 0 amide bonds. The lowest BCUT2D eigenvalue weighted by Gasteiger charge is -2.31. The summed E-state index contributed by atoms with van der Waals surface area (Å²) in [6.45, 7) is 2.17. The zero-order chi connectivity index (χ0) is 15.7. The van der Waals surface area contributed by atoms with Gasteiger partial charge in [0.15, 0.2) is 0 Å². The summed E-state index contributed by atoms with van der Waals surface area (Å²) in [5.74, 6) is 0.627. The Morgan fingerprint density at radius 2 is 1.24 bits per heavy atom. The molecule has 0 atom stereocenters. The van der Waals surface area contributed by atoms with Crippen molar-refractivity contribution in [3.63, 3.8) is 0 Å². The monoisotopic (exact) mass is 337 g/mol. The molecule has 0 heterocycles. The van der Waals surface area contributed by atoms with Crippen LogP contribution in [0.1, 0.15) is 58.3 Å². The zero-order valence-corrected chi connectivity index (χ0v) is 14.5. The highest BCUT2D eigenvalue weighted by atomic mass is 32.2. The van der Waals surface area contributed by atoms with E-state index in [2.05, 4.69) is 11.6 Å². The predicted molar refractivity (Wildman–Crippen MR) is 84.4 cm³/mol. The van der Waals surface area contributed by atoms with Gasteiger partial charge in [-0.25, -0.2) is 21.6 Å². The minimum absolute atomic E-state index is 0.0904. The second kappa shape index (κ2) is 6.54. The molecule has 0 aromatic rings. The Bertz CT molecular complexity index is 540. The maximum atomic E-state index is 12.4. The lowest BCUT2D eigenvalue weighted by atomic mass is 9.91. The fourth-order valence-electron chi connectivity index (χ4n) is 3.48. The summed E-state index contributed by atoms with van der Waals surface area (Å²) in [6, 6.07) is -0.0904. The van der Waals surface area contributed by atoms with E-state index in [1.165, 1.54) is 6.26 Å². The van der Waals surface area contributed by atoms with E-state index in [0.29, 0.717) is 31.6 Å². The Hall–Kier alpha value is -0.140. The van der Waals surface area contributed by atoms with Crippen molar-refractivity contribution in [1.29, 1.82) is 0 Å². The summed E-state index contributed by atoms with van der Waals surface area (Å²) < 4.78 is 50.7. The van der Waals surface area contributed by atoms with Gasteiger partial charge in [-0.15, -0.1) is 0 Å². The number of hydrogen-bond donors (Lipinski definition) is 1. The van der Waals surface area contributed by atoms with Gasteiger partial charge in [-0.05, 0) is 57.3 Å². The number of nitrogens with one attached hydrogen (secondary N) is 1. The SMILES string of the molecule is CS(=O)(=O)[C@H]1CC[C@H](NS(=O)(=O)[C@H]2CC[C@@H](C)CC2)CC1. The van der Waals surface area contributed by atoms with E-state index in [1.807, 2.05) is 0 Å². The summed E-state index contributed by atoms with van der Waals surface area (Å²) in [7, 11) is -6.26. The van der Waals surface area contributed by atoms with Crippen molar-refractivity contribution >= 4 is 19.9 Å². The lowest BCUT2D eigenvalue weighted by molar-refractivity contribution is 0.371. The van der Waals surface area contributed by atoms with Crippen LogP contribution in [-0.2, 0) is 19.9 Å². The molecule has 7 heteroatoms. The number of sulfone groups is 1. The van der Waals surface area contributed by atoms with Crippen LogP contribution in [0.25, 0.3) is 0 Å². The van der Waals surface area contributed by atoms with E-state index in [0.717, 1.165) is 25.7 Å². The fraction of sp³-hybridized carbons (Fsp3) is 1.00. The van der Waals surface area contributed by atoms with Crippen LogP contribution in [0.3, 0.4) is 0 Å². The van der Waals surface area contributed by atoms with Crippen molar-refractivity contribution in [2.75, 3.05) is 6.26 Å². The molecular formula is C14H27NO4S2. The van der Waals surface area contributed by atoms with E-state index >= 15 is 0 Å². The molecule has 0 aromatic heterocycles. The Morgan fingerprint density at radius 1 is 0.762 bits per heavy atom. The molecule has 2 fully saturated rings. The van der Waals surface area contributed by atoms with E-state index in [1.54, 1.807) is 0 Å². The highest BCUT2D eigenvalue weighted by Crippen LogP contribution is 2.29. The molecule has 2 rings (SSSR count). The zero-order valence-electron chi connectivity index (χ0n) is 12.9. The standard InChI is InChI=1S/C14H27NO4S2/c1-11-3-7-14(8-4-11)21(18,19)15-12-5-9-13(10-6-12)20(2,16)17/h11-15H,3-10H2,1-2H3/t11-,12-,13-,14+.